The largest absolute Gasteiger partial charge is 0.294 e. The number of fused-ring (bicyclic) bond motifs is 2. The molecule has 5 rings (SSSR count). The summed E-state index contributed by atoms with van der Waals surface area (Å²) in [5.41, 5.74) is 4.27. The molecule has 0 spiro atoms. The van der Waals surface area contributed by atoms with Gasteiger partial charge in [-0.2, -0.15) is 5.10 Å². The molecule has 2 aromatic carbocycles. The number of carbonyl (C=O) groups excluding carboxylic acids is 1. The molecule has 3 heterocycles. The molecule has 4 aromatic rings. The van der Waals surface area contributed by atoms with Crippen LogP contribution in [-0.2, 0) is 13.0 Å². The van der Waals surface area contributed by atoms with Gasteiger partial charge < -0.3 is 0 Å². The van der Waals surface area contributed by atoms with E-state index in [0.717, 1.165) is 28.3 Å². The zero-order chi connectivity index (χ0) is 21.5. The minimum Gasteiger partial charge on any atom is -0.294 e. The third-order valence-corrected chi connectivity index (χ3v) is 5.94. The molecule has 0 bridgehead atoms. The quantitative estimate of drug-likeness (QED) is 0.502. The molecule has 1 amide bonds. The molecule has 1 aliphatic rings. The standard InChI is InChI=1S/C25H25N5O/c1-4-30-24-23(17(3)28-30)21(14-16(2)27-24)25(31)29-13-12-26-22(29)15-19-10-7-9-18-8-5-6-11-20(18)19/h5-11,14H,4,12-13,15H2,1-3H3. The van der Waals surface area contributed by atoms with Crippen molar-refractivity contribution in [2.45, 2.75) is 33.7 Å². The SMILES string of the molecule is CCn1nc(C)c2c(C(=O)N3CCN=C3Cc3cccc4ccccc34)cc(C)nc21. The topological polar surface area (TPSA) is 63.4 Å². The first-order valence-electron chi connectivity index (χ1n) is 10.7. The average Bonchev–Trinajstić information content (AvgIpc) is 3.37. The van der Waals surface area contributed by atoms with Gasteiger partial charge in [-0.15, -0.1) is 0 Å². The van der Waals surface area contributed by atoms with Gasteiger partial charge in [-0.3, -0.25) is 14.7 Å². The Bertz CT molecular complexity index is 1350. The number of amidine groups is 1. The van der Waals surface area contributed by atoms with Crippen LogP contribution in [0, 0.1) is 13.8 Å². The number of aliphatic imine (C=N–C) groups is 1. The van der Waals surface area contributed by atoms with Gasteiger partial charge in [0.05, 0.1) is 23.2 Å². The van der Waals surface area contributed by atoms with Crippen LogP contribution >= 0.6 is 0 Å². The van der Waals surface area contributed by atoms with E-state index < -0.39 is 0 Å². The smallest absolute Gasteiger partial charge is 0.260 e. The number of aromatic nitrogens is 3. The molecule has 0 unspecified atom stereocenters. The number of pyridine rings is 1. The van der Waals surface area contributed by atoms with Gasteiger partial charge in [0.2, 0.25) is 0 Å². The van der Waals surface area contributed by atoms with Crippen LogP contribution in [0.5, 0.6) is 0 Å². The van der Waals surface area contributed by atoms with Crippen molar-refractivity contribution in [1.82, 2.24) is 19.7 Å². The lowest BCUT2D eigenvalue weighted by Gasteiger charge is -2.20. The Morgan fingerprint density at radius 2 is 1.90 bits per heavy atom. The molecule has 0 saturated carbocycles. The Morgan fingerprint density at radius 1 is 1.10 bits per heavy atom. The number of amides is 1. The van der Waals surface area contributed by atoms with Gasteiger partial charge in [-0.1, -0.05) is 42.5 Å². The van der Waals surface area contributed by atoms with Crippen LogP contribution < -0.4 is 0 Å². The molecule has 0 atom stereocenters. The van der Waals surface area contributed by atoms with Crippen LogP contribution in [0.4, 0.5) is 0 Å². The van der Waals surface area contributed by atoms with Crippen LogP contribution in [0.1, 0.15) is 34.2 Å². The zero-order valence-electron chi connectivity index (χ0n) is 18.1. The van der Waals surface area contributed by atoms with E-state index in [0.29, 0.717) is 31.6 Å². The van der Waals surface area contributed by atoms with Crippen molar-refractivity contribution in [2.75, 3.05) is 13.1 Å². The summed E-state index contributed by atoms with van der Waals surface area (Å²) < 4.78 is 1.86. The van der Waals surface area contributed by atoms with Crippen molar-refractivity contribution in [3.05, 3.63) is 71.0 Å². The van der Waals surface area contributed by atoms with E-state index in [-0.39, 0.29) is 5.91 Å². The van der Waals surface area contributed by atoms with E-state index in [1.165, 1.54) is 16.3 Å². The summed E-state index contributed by atoms with van der Waals surface area (Å²) in [6.07, 6.45) is 0.632. The van der Waals surface area contributed by atoms with Crippen LogP contribution in [0.3, 0.4) is 0 Å². The Hall–Kier alpha value is -3.54. The van der Waals surface area contributed by atoms with Crippen LogP contribution in [0.25, 0.3) is 21.8 Å². The number of nitrogens with zero attached hydrogens (tertiary/aromatic N) is 5. The van der Waals surface area contributed by atoms with Gasteiger partial charge >= 0.3 is 0 Å². The second kappa shape index (κ2) is 7.61. The highest BCUT2D eigenvalue weighted by Gasteiger charge is 2.28. The van der Waals surface area contributed by atoms with Gasteiger partial charge in [0.25, 0.3) is 5.91 Å². The Balaban J connectivity index is 1.53. The third kappa shape index (κ3) is 3.28. The predicted molar refractivity (Wildman–Crippen MR) is 124 cm³/mol. The number of aryl methyl sites for hydroxylation is 3. The van der Waals surface area contributed by atoms with Crippen molar-refractivity contribution in [2.24, 2.45) is 4.99 Å². The van der Waals surface area contributed by atoms with Crippen molar-refractivity contribution in [1.29, 1.82) is 0 Å². The Labute approximate surface area is 181 Å². The molecular formula is C25H25N5O. The predicted octanol–water partition coefficient (Wildman–Crippen LogP) is 4.32. The molecule has 0 radical (unpaired) electrons. The first kappa shape index (κ1) is 19.4. The zero-order valence-corrected chi connectivity index (χ0v) is 18.1. The summed E-state index contributed by atoms with van der Waals surface area (Å²) in [6, 6.07) is 16.5. The number of benzene rings is 2. The van der Waals surface area contributed by atoms with Crippen LogP contribution in [0.15, 0.2) is 53.5 Å². The van der Waals surface area contributed by atoms with E-state index in [2.05, 4.69) is 46.5 Å². The molecule has 156 valence electrons. The van der Waals surface area contributed by atoms with Gasteiger partial charge in [-0.25, -0.2) is 9.67 Å². The number of carbonyl (C=O) groups is 1. The van der Waals surface area contributed by atoms with Crippen molar-refractivity contribution >= 4 is 33.5 Å². The molecule has 0 N–H and O–H groups in total. The minimum atomic E-state index is -0.0225. The second-order valence-electron chi connectivity index (χ2n) is 7.98. The highest BCUT2D eigenvalue weighted by atomic mass is 16.2. The molecule has 1 aliphatic heterocycles. The molecule has 31 heavy (non-hydrogen) atoms. The molecule has 2 aromatic heterocycles. The number of hydrogen-bond acceptors (Lipinski definition) is 4. The second-order valence-corrected chi connectivity index (χ2v) is 7.98. The van der Waals surface area contributed by atoms with E-state index in [1.54, 1.807) is 0 Å². The van der Waals surface area contributed by atoms with E-state index >= 15 is 0 Å². The highest BCUT2D eigenvalue weighted by molar-refractivity contribution is 6.14. The summed E-state index contributed by atoms with van der Waals surface area (Å²) >= 11 is 0. The molecule has 0 aliphatic carbocycles. The van der Waals surface area contributed by atoms with Crippen LogP contribution in [-0.4, -0.2) is 44.5 Å². The van der Waals surface area contributed by atoms with Gasteiger partial charge in [0, 0.05) is 25.2 Å². The van der Waals surface area contributed by atoms with Gasteiger partial charge in [0.1, 0.15) is 5.84 Å². The summed E-state index contributed by atoms with van der Waals surface area (Å²) in [4.78, 5) is 24.9. The normalized spacial score (nSPS) is 13.9. The molecule has 6 nitrogen and oxygen atoms in total. The van der Waals surface area contributed by atoms with E-state index in [4.69, 9.17) is 4.99 Å². The number of hydrogen-bond donors (Lipinski definition) is 0. The first-order valence-corrected chi connectivity index (χ1v) is 10.7. The van der Waals surface area contributed by atoms with Crippen molar-refractivity contribution < 1.29 is 4.79 Å². The summed E-state index contributed by atoms with van der Waals surface area (Å²) in [6.45, 7) is 7.85. The average molecular weight is 412 g/mol. The lowest BCUT2D eigenvalue weighted by molar-refractivity contribution is 0.0858. The molecule has 6 heteroatoms. The minimum absolute atomic E-state index is 0.0225. The third-order valence-electron chi connectivity index (χ3n) is 5.94. The summed E-state index contributed by atoms with van der Waals surface area (Å²) in [5.74, 6) is 0.801. The monoisotopic (exact) mass is 411 g/mol. The highest BCUT2D eigenvalue weighted by Crippen LogP contribution is 2.26. The van der Waals surface area contributed by atoms with Gasteiger partial charge in [0.15, 0.2) is 5.65 Å². The maximum atomic E-state index is 13.7. The molecule has 0 saturated heterocycles. The first-order chi connectivity index (χ1) is 15.1. The fourth-order valence-electron chi connectivity index (χ4n) is 4.49. The Kier molecular flexibility index (Phi) is 4.77. The fraction of sp³-hybridized carbons (Fsp3) is 0.280. The fourth-order valence-corrected chi connectivity index (χ4v) is 4.49. The summed E-state index contributed by atoms with van der Waals surface area (Å²) in [7, 11) is 0. The van der Waals surface area contributed by atoms with Gasteiger partial charge in [-0.05, 0) is 43.2 Å². The van der Waals surface area contributed by atoms with Crippen molar-refractivity contribution in [3.8, 4) is 0 Å². The number of rotatable bonds is 4. The van der Waals surface area contributed by atoms with E-state index in [1.807, 2.05) is 42.5 Å². The molecular weight excluding hydrogens is 386 g/mol. The molecule has 0 fully saturated rings. The maximum Gasteiger partial charge on any atom is 0.260 e. The lowest BCUT2D eigenvalue weighted by Crippen LogP contribution is -2.35. The van der Waals surface area contributed by atoms with E-state index in [9.17, 15) is 4.79 Å². The van der Waals surface area contributed by atoms with Crippen LogP contribution in [0.2, 0.25) is 0 Å². The maximum absolute atomic E-state index is 13.7. The Morgan fingerprint density at radius 3 is 2.74 bits per heavy atom. The summed E-state index contributed by atoms with van der Waals surface area (Å²) in [5, 5.41) is 7.84. The van der Waals surface area contributed by atoms with Crippen molar-refractivity contribution in [3.63, 3.8) is 0 Å². The lowest BCUT2D eigenvalue weighted by atomic mass is 10.0.